The molecule has 26 heavy (non-hydrogen) atoms. The van der Waals surface area contributed by atoms with Gasteiger partial charge in [-0.15, -0.1) is 0 Å². The summed E-state index contributed by atoms with van der Waals surface area (Å²) in [5.41, 5.74) is 3.32. The summed E-state index contributed by atoms with van der Waals surface area (Å²) in [5.74, 6) is -0.386. The van der Waals surface area contributed by atoms with Crippen molar-refractivity contribution < 1.29 is 9.53 Å². The molecule has 0 saturated heterocycles. The fraction of sp³-hybridized carbons (Fsp3) is 0.316. The summed E-state index contributed by atoms with van der Waals surface area (Å²) in [7, 11) is 0. The van der Waals surface area contributed by atoms with Gasteiger partial charge in [-0.05, 0) is 60.8 Å². The number of esters is 1. The van der Waals surface area contributed by atoms with E-state index in [1.54, 1.807) is 12.3 Å². The number of carbonyl (C=O) groups excluding carboxylic acids is 1. The van der Waals surface area contributed by atoms with Gasteiger partial charge in [0.1, 0.15) is 12.3 Å². The minimum absolute atomic E-state index is 0.0340. The third-order valence-corrected chi connectivity index (χ3v) is 5.11. The molecule has 134 valence electrons. The summed E-state index contributed by atoms with van der Waals surface area (Å²) in [6.45, 7) is 3.92. The largest absolute Gasteiger partial charge is 0.456 e. The molecular formula is C19H18BrN3O3. The lowest BCUT2D eigenvalue weighted by molar-refractivity contribution is 0.0466. The summed E-state index contributed by atoms with van der Waals surface area (Å²) in [5, 5.41) is 0. The third-order valence-electron chi connectivity index (χ3n) is 4.64. The highest BCUT2D eigenvalue weighted by molar-refractivity contribution is 9.10. The van der Waals surface area contributed by atoms with E-state index in [-0.39, 0.29) is 18.1 Å². The number of ether oxygens (including phenoxy) is 1. The Morgan fingerprint density at radius 2 is 2.08 bits per heavy atom. The molecule has 3 heterocycles. The first-order valence-electron chi connectivity index (χ1n) is 8.47. The minimum Gasteiger partial charge on any atom is -0.456 e. The van der Waals surface area contributed by atoms with E-state index < -0.39 is 0 Å². The number of rotatable bonds is 4. The molecule has 1 saturated carbocycles. The second-order valence-corrected chi connectivity index (χ2v) is 7.54. The number of aryl methyl sites for hydroxylation is 1. The van der Waals surface area contributed by atoms with Crippen LogP contribution in [-0.4, -0.2) is 19.9 Å². The van der Waals surface area contributed by atoms with Gasteiger partial charge in [-0.1, -0.05) is 0 Å². The second kappa shape index (κ2) is 6.39. The average molecular weight is 416 g/mol. The van der Waals surface area contributed by atoms with Gasteiger partial charge >= 0.3 is 5.97 Å². The van der Waals surface area contributed by atoms with Gasteiger partial charge in [-0.2, -0.15) is 0 Å². The monoisotopic (exact) mass is 415 g/mol. The van der Waals surface area contributed by atoms with Crippen molar-refractivity contribution in [1.29, 1.82) is 0 Å². The molecule has 0 aromatic carbocycles. The van der Waals surface area contributed by atoms with Gasteiger partial charge in [-0.3, -0.25) is 9.20 Å². The van der Waals surface area contributed by atoms with Crippen molar-refractivity contribution in [2.45, 2.75) is 39.3 Å². The number of fused-ring (bicyclic) bond motifs is 1. The molecule has 0 atom stereocenters. The highest BCUT2D eigenvalue weighted by Crippen LogP contribution is 2.38. The first kappa shape index (κ1) is 17.0. The molecule has 3 aromatic rings. The zero-order chi connectivity index (χ0) is 18.4. The van der Waals surface area contributed by atoms with Gasteiger partial charge in [0.25, 0.3) is 5.56 Å². The Balaban J connectivity index is 1.55. The first-order chi connectivity index (χ1) is 12.4. The Morgan fingerprint density at radius 1 is 1.31 bits per heavy atom. The minimum atomic E-state index is -0.386. The molecule has 0 spiro atoms. The van der Waals surface area contributed by atoms with E-state index in [9.17, 15) is 9.59 Å². The van der Waals surface area contributed by atoms with Crippen molar-refractivity contribution in [2.75, 3.05) is 0 Å². The predicted molar refractivity (Wildman–Crippen MR) is 100 cm³/mol. The lowest BCUT2D eigenvalue weighted by Gasteiger charge is -2.08. The maximum Gasteiger partial charge on any atom is 0.340 e. The smallest absolute Gasteiger partial charge is 0.340 e. The molecule has 1 aliphatic carbocycles. The van der Waals surface area contributed by atoms with E-state index in [4.69, 9.17) is 4.74 Å². The van der Waals surface area contributed by atoms with Crippen LogP contribution in [0.2, 0.25) is 0 Å². The molecule has 0 N–H and O–H groups in total. The molecule has 0 bridgehead atoms. The van der Waals surface area contributed by atoms with Crippen molar-refractivity contribution >= 4 is 27.5 Å². The maximum atomic E-state index is 12.5. The Morgan fingerprint density at radius 3 is 2.81 bits per heavy atom. The van der Waals surface area contributed by atoms with Crippen molar-refractivity contribution in [3.8, 4) is 0 Å². The van der Waals surface area contributed by atoms with Crippen LogP contribution in [0.4, 0.5) is 0 Å². The SMILES string of the molecule is Cc1cc(C(=O)OCc2cc(=O)n3cc(Br)ccc3n2)c(C)n1C1CC1. The summed E-state index contributed by atoms with van der Waals surface area (Å²) in [4.78, 5) is 29.1. The molecule has 1 aliphatic rings. The zero-order valence-electron chi connectivity index (χ0n) is 14.5. The first-order valence-corrected chi connectivity index (χ1v) is 9.27. The zero-order valence-corrected chi connectivity index (χ0v) is 16.1. The Hall–Kier alpha value is -2.41. The molecular weight excluding hydrogens is 398 g/mol. The Bertz CT molecular complexity index is 1080. The van der Waals surface area contributed by atoms with E-state index in [1.165, 1.54) is 10.5 Å². The molecule has 0 aliphatic heterocycles. The van der Waals surface area contributed by atoms with Crippen LogP contribution < -0.4 is 5.56 Å². The molecule has 1 fully saturated rings. The van der Waals surface area contributed by atoms with Crippen molar-refractivity contribution in [3.05, 3.63) is 67.9 Å². The van der Waals surface area contributed by atoms with Gasteiger partial charge in [0.05, 0.1) is 11.3 Å². The number of pyridine rings is 1. The third kappa shape index (κ3) is 3.07. The van der Waals surface area contributed by atoms with E-state index in [1.807, 2.05) is 26.0 Å². The van der Waals surface area contributed by atoms with Crippen LogP contribution in [0.15, 0.2) is 39.7 Å². The van der Waals surface area contributed by atoms with Crippen molar-refractivity contribution in [2.24, 2.45) is 0 Å². The number of halogens is 1. The van der Waals surface area contributed by atoms with Crippen LogP contribution in [0.25, 0.3) is 5.65 Å². The predicted octanol–water partition coefficient (Wildman–Crippen LogP) is 3.57. The topological polar surface area (TPSA) is 65.6 Å². The Labute approximate surface area is 158 Å². The van der Waals surface area contributed by atoms with E-state index in [0.29, 0.717) is 22.9 Å². The van der Waals surface area contributed by atoms with Gasteiger partial charge < -0.3 is 9.30 Å². The molecule has 3 aromatic heterocycles. The fourth-order valence-electron chi connectivity index (χ4n) is 3.30. The van der Waals surface area contributed by atoms with Crippen LogP contribution in [0, 0.1) is 13.8 Å². The molecule has 0 amide bonds. The lowest BCUT2D eigenvalue weighted by Crippen LogP contribution is -2.16. The van der Waals surface area contributed by atoms with Crippen LogP contribution in [0.1, 0.15) is 46.3 Å². The standard InChI is InChI=1S/C19H18BrN3O3/c1-11-7-16(12(2)23(11)15-4-5-15)19(25)26-10-14-8-18(24)22-9-13(20)3-6-17(22)21-14/h3,6-9,15H,4-5,10H2,1-2H3. The number of aromatic nitrogens is 3. The highest BCUT2D eigenvalue weighted by Gasteiger charge is 2.28. The summed E-state index contributed by atoms with van der Waals surface area (Å²) in [6, 6.07) is 7.32. The van der Waals surface area contributed by atoms with Gasteiger partial charge in [0, 0.05) is 34.2 Å². The van der Waals surface area contributed by atoms with Crippen molar-refractivity contribution in [1.82, 2.24) is 14.0 Å². The van der Waals surface area contributed by atoms with E-state index in [2.05, 4.69) is 25.5 Å². The lowest BCUT2D eigenvalue weighted by atomic mass is 10.2. The number of nitrogens with zero attached hydrogens (tertiary/aromatic N) is 3. The summed E-state index contributed by atoms with van der Waals surface area (Å²) >= 11 is 3.33. The number of carbonyl (C=O) groups is 1. The quantitative estimate of drug-likeness (QED) is 0.610. The van der Waals surface area contributed by atoms with Crippen molar-refractivity contribution in [3.63, 3.8) is 0 Å². The van der Waals surface area contributed by atoms with Gasteiger partial charge in [0.15, 0.2) is 0 Å². The molecule has 4 rings (SSSR count). The maximum absolute atomic E-state index is 12.5. The highest BCUT2D eigenvalue weighted by atomic mass is 79.9. The molecule has 0 radical (unpaired) electrons. The summed E-state index contributed by atoms with van der Waals surface area (Å²) < 4.78 is 9.86. The van der Waals surface area contributed by atoms with Crippen LogP contribution in [0.5, 0.6) is 0 Å². The van der Waals surface area contributed by atoms with E-state index in [0.717, 1.165) is 28.7 Å². The average Bonchev–Trinajstić information content (AvgIpc) is 3.38. The van der Waals surface area contributed by atoms with Crippen LogP contribution >= 0.6 is 15.9 Å². The molecule has 0 unspecified atom stereocenters. The fourth-order valence-corrected chi connectivity index (χ4v) is 3.63. The van der Waals surface area contributed by atoms with E-state index >= 15 is 0 Å². The number of hydrogen-bond donors (Lipinski definition) is 0. The second-order valence-electron chi connectivity index (χ2n) is 6.62. The van der Waals surface area contributed by atoms with Crippen LogP contribution in [0.3, 0.4) is 0 Å². The normalized spacial score (nSPS) is 14.0. The Kier molecular flexibility index (Phi) is 4.19. The molecule has 6 nitrogen and oxygen atoms in total. The van der Waals surface area contributed by atoms with Crippen LogP contribution in [-0.2, 0) is 11.3 Å². The molecule has 7 heteroatoms. The summed E-state index contributed by atoms with van der Waals surface area (Å²) in [6.07, 6.45) is 3.98. The number of hydrogen-bond acceptors (Lipinski definition) is 4. The van der Waals surface area contributed by atoms with Gasteiger partial charge in [0.2, 0.25) is 0 Å². The van der Waals surface area contributed by atoms with Gasteiger partial charge in [-0.25, -0.2) is 9.78 Å².